The number of hydrogen-bond acceptors (Lipinski definition) is 3. The summed E-state index contributed by atoms with van der Waals surface area (Å²) in [5, 5.41) is 0. The number of esters is 1. The molecule has 0 atom stereocenters. The number of ether oxygens (including phenoxy) is 2. The van der Waals surface area contributed by atoms with Gasteiger partial charge in [-0.1, -0.05) is 12.1 Å². The molecular formula is C13H13NO3. The summed E-state index contributed by atoms with van der Waals surface area (Å²) >= 11 is 0. The van der Waals surface area contributed by atoms with Gasteiger partial charge in [0, 0.05) is 11.8 Å². The first kappa shape index (κ1) is 11.3. The van der Waals surface area contributed by atoms with Gasteiger partial charge in [0.25, 0.3) is 0 Å². The van der Waals surface area contributed by atoms with Gasteiger partial charge in [0.1, 0.15) is 5.75 Å². The third kappa shape index (κ3) is 2.15. The van der Waals surface area contributed by atoms with E-state index in [2.05, 4.69) is 4.98 Å². The maximum absolute atomic E-state index is 11.5. The molecule has 2 aromatic rings. The first-order chi connectivity index (χ1) is 8.26. The van der Waals surface area contributed by atoms with Crippen LogP contribution in [0.4, 0.5) is 0 Å². The molecule has 1 aromatic heterocycles. The molecule has 0 spiro atoms. The summed E-state index contributed by atoms with van der Waals surface area (Å²) < 4.78 is 9.87. The van der Waals surface area contributed by atoms with E-state index in [9.17, 15) is 4.79 Å². The Morgan fingerprint density at radius 1 is 1.24 bits per heavy atom. The molecule has 17 heavy (non-hydrogen) atoms. The van der Waals surface area contributed by atoms with Crippen LogP contribution in [0, 0.1) is 0 Å². The summed E-state index contributed by atoms with van der Waals surface area (Å²) in [5.41, 5.74) is 2.13. The predicted molar refractivity (Wildman–Crippen MR) is 64.1 cm³/mol. The van der Waals surface area contributed by atoms with Crippen molar-refractivity contribution in [3.63, 3.8) is 0 Å². The standard InChI is InChI=1S/C13H13NO3/c1-16-10-5-3-4-9(8-10)12-11(6-7-14-12)13(15)17-2/h3-8,14H,1-2H3. The van der Waals surface area contributed by atoms with E-state index in [4.69, 9.17) is 9.47 Å². The average Bonchev–Trinajstić information content (AvgIpc) is 2.87. The zero-order valence-electron chi connectivity index (χ0n) is 9.69. The maximum atomic E-state index is 11.5. The Morgan fingerprint density at radius 3 is 2.76 bits per heavy atom. The molecule has 88 valence electrons. The van der Waals surface area contributed by atoms with Gasteiger partial charge in [-0.2, -0.15) is 0 Å². The van der Waals surface area contributed by atoms with Crippen molar-refractivity contribution in [3.8, 4) is 17.0 Å². The number of H-pyrrole nitrogens is 1. The van der Waals surface area contributed by atoms with Crippen LogP contribution < -0.4 is 4.74 Å². The Labute approximate surface area is 99.2 Å². The first-order valence-electron chi connectivity index (χ1n) is 5.16. The smallest absolute Gasteiger partial charge is 0.340 e. The van der Waals surface area contributed by atoms with Crippen LogP contribution in [0.2, 0.25) is 0 Å². The van der Waals surface area contributed by atoms with Gasteiger partial charge in [0.15, 0.2) is 0 Å². The van der Waals surface area contributed by atoms with Crippen LogP contribution in [0.15, 0.2) is 36.5 Å². The quantitative estimate of drug-likeness (QED) is 0.825. The minimum atomic E-state index is -0.357. The molecule has 1 aromatic carbocycles. The fourth-order valence-corrected chi connectivity index (χ4v) is 1.67. The lowest BCUT2D eigenvalue weighted by molar-refractivity contribution is 0.0602. The van der Waals surface area contributed by atoms with Crippen molar-refractivity contribution in [2.75, 3.05) is 14.2 Å². The molecule has 4 nitrogen and oxygen atoms in total. The molecule has 4 heteroatoms. The van der Waals surface area contributed by atoms with E-state index in [1.165, 1.54) is 7.11 Å². The molecule has 2 rings (SSSR count). The number of methoxy groups -OCH3 is 2. The molecule has 0 aliphatic heterocycles. The molecule has 1 N–H and O–H groups in total. The van der Waals surface area contributed by atoms with Gasteiger partial charge in [0.05, 0.1) is 25.5 Å². The van der Waals surface area contributed by atoms with Crippen molar-refractivity contribution in [1.29, 1.82) is 0 Å². The summed E-state index contributed by atoms with van der Waals surface area (Å²) in [6.07, 6.45) is 1.71. The van der Waals surface area contributed by atoms with Crippen LogP contribution in [0.1, 0.15) is 10.4 Å². The second-order valence-electron chi connectivity index (χ2n) is 3.49. The number of aromatic nitrogens is 1. The van der Waals surface area contributed by atoms with E-state index in [1.807, 2.05) is 24.3 Å². The lowest BCUT2D eigenvalue weighted by atomic mass is 10.1. The fraction of sp³-hybridized carbons (Fsp3) is 0.154. The molecule has 0 amide bonds. The third-order valence-electron chi connectivity index (χ3n) is 2.51. The highest BCUT2D eigenvalue weighted by Gasteiger charge is 2.14. The second kappa shape index (κ2) is 4.74. The summed E-state index contributed by atoms with van der Waals surface area (Å²) in [7, 11) is 2.97. The summed E-state index contributed by atoms with van der Waals surface area (Å²) in [6.45, 7) is 0. The highest BCUT2D eigenvalue weighted by molar-refractivity contribution is 5.96. The van der Waals surface area contributed by atoms with E-state index in [0.29, 0.717) is 5.56 Å². The molecule has 0 saturated carbocycles. The highest BCUT2D eigenvalue weighted by Crippen LogP contribution is 2.25. The normalized spacial score (nSPS) is 10.0. The molecule has 0 aliphatic rings. The van der Waals surface area contributed by atoms with E-state index in [1.54, 1.807) is 19.4 Å². The van der Waals surface area contributed by atoms with E-state index in [0.717, 1.165) is 17.0 Å². The Bertz CT molecular complexity index is 531. The number of aromatic amines is 1. The zero-order chi connectivity index (χ0) is 12.3. The van der Waals surface area contributed by atoms with Crippen LogP contribution in [-0.4, -0.2) is 25.2 Å². The molecule has 0 aliphatic carbocycles. The average molecular weight is 231 g/mol. The number of carbonyl (C=O) groups excluding carboxylic acids is 1. The van der Waals surface area contributed by atoms with Crippen LogP contribution in [0.3, 0.4) is 0 Å². The monoisotopic (exact) mass is 231 g/mol. The van der Waals surface area contributed by atoms with Gasteiger partial charge >= 0.3 is 5.97 Å². The predicted octanol–water partition coefficient (Wildman–Crippen LogP) is 2.48. The second-order valence-corrected chi connectivity index (χ2v) is 3.49. The lowest BCUT2D eigenvalue weighted by Crippen LogP contribution is -2.01. The van der Waals surface area contributed by atoms with E-state index < -0.39 is 0 Å². The number of nitrogens with one attached hydrogen (secondary N) is 1. The Kier molecular flexibility index (Phi) is 3.14. The van der Waals surface area contributed by atoms with Gasteiger partial charge in [-0.25, -0.2) is 4.79 Å². The fourth-order valence-electron chi connectivity index (χ4n) is 1.67. The summed E-state index contributed by atoms with van der Waals surface area (Å²) in [5.74, 6) is 0.386. The van der Waals surface area contributed by atoms with E-state index in [-0.39, 0.29) is 5.97 Å². The van der Waals surface area contributed by atoms with Gasteiger partial charge in [-0.3, -0.25) is 0 Å². The number of hydrogen-bond donors (Lipinski definition) is 1. The van der Waals surface area contributed by atoms with Gasteiger partial charge < -0.3 is 14.5 Å². The van der Waals surface area contributed by atoms with Crippen molar-refractivity contribution in [2.45, 2.75) is 0 Å². The zero-order valence-corrected chi connectivity index (χ0v) is 9.69. The van der Waals surface area contributed by atoms with Crippen molar-refractivity contribution < 1.29 is 14.3 Å². The van der Waals surface area contributed by atoms with Gasteiger partial charge in [-0.15, -0.1) is 0 Å². The van der Waals surface area contributed by atoms with Crippen molar-refractivity contribution in [3.05, 3.63) is 42.1 Å². The minimum Gasteiger partial charge on any atom is -0.497 e. The molecule has 0 saturated heterocycles. The topological polar surface area (TPSA) is 51.3 Å². The SMILES string of the molecule is COC(=O)c1cc[nH]c1-c1cccc(OC)c1. The molecule has 0 fully saturated rings. The lowest BCUT2D eigenvalue weighted by Gasteiger charge is -2.05. The summed E-state index contributed by atoms with van der Waals surface area (Å²) in [4.78, 5) is 14.6. The molecular weight excluding hydrogens is 218 g/mol. The van der Waals surface area contributed by atoms with Crippen LogP contribution in [-0.2, 0) is 4.74 Å². The van der Waals surface area contributed by atoms with Crippen molar-refractivity contribution in [2.24, 2.45) is 0 Å². The Morgan fingerprint density at radius 2 is 2.06 bits per heavy atom. The van der Waals surface area contributed by atoms with Crippen molar-refractivity contribution >= 4 is 5.97 Å². The molecule has 0 bridgehead atoms. The Balaban J connectivity index is 2.45. The number of carbonyl (C=O) groups is 1. The van der Waals surface area contributed by atoms with Gasteiger partial charge in [-0.05, 0) is 18.2 Å². The van der Waals surface area contributed by atoms with Crippen LogP contribution in [0.5, 0.6) is 5.75 Å². The first-order valence-corrected chi connectivity index (χ1v) is 5.16. The van der Waals surface area contributed by atoms with Crippen LogP contribution in [0.25, 0.3) is 11.3 Å². The molecule has 0 unspecified atom stereocenters. The molecule has 0 radical (unpaired) electrons. The Hall–Kier alpha value is -2.23. The summed E-state index contributed by atoms with van der Waals surface area (Å²) in [6, 6.07) is 9.18. The largest absolute Gasteiger partial charge is 0.497 e. The van der Waals surface area contributed by atoms with E-state index >= 15 is 0 Å². The maximum Gasteiger partial charge on any atom is 0.340 e. The number of benzene rings is 1. The molecule has 1 heterocycles. The van der Waals surface area contributed by atoms with Gasteiger partial charge in [0.2, 0.25) is 0 Å². The third-order valence-corrected chi connectivity index (χ3v) is 2.51. The highest BCUT2D eigenvalue weighted by atomic mass is 16.5. The van der Waals surface area contributed by atoms with Crippen molar-refractivity contribution in [1.82, 2.24) is 4.98 Å². The van der Waals surface area contributed by atoms with Crippen LogP contribution >= 0.6 is 0 Å². The number of rotatable bonds is 3. The minimum absolute atomic E-state index is 0.357.